The van der Waals surface area contributed by atoms with E-state index >= 15 is 0 Å². The first kappa shape index (κ1) is 15.2. The number of hydrogen-bond acceptors (Lipinski definition) is 3. The highest BCUT2D eigenvalue weighted by Crippen LogP contribution is 2.25. The summed E-state index contributed by atoms with van der Waals surface area (Å²) in [6, 6.07) is 5.90. The summed E-state index contributed by atoms with van der Waals surface area (Å²) in [5.74, 6) is 0.905. The molecule has 0 saturated carbocycles. The van der Waals surface area contributed by atoms with Gasteiger partial charge >= 0.3 is 0 Å². The van der Waals surface area contributed by atoms with Gasteiger partial charge in [-0.2, -0.15) is 0 Å². The molecule has 0 aliphatic heterocycles. The summed E-state index contributed by atoms with van der Waals surface area (Å²) >= 11 is 0. The second-order valence-corrected chi connectivity index (χ2v) is 5.46. The molecule has 0 amide bonds. The molecule has 0 radical (unpaired) electrons. The SMILES string of the molecule is COc1c(C)cnc(CC(=O)c2ccc(C)cc2C)c1C. The van der Waals surface area contributed by atoms with Gasteiger partial charge in [-0.3, -0.25) is 9.78 Å². The van der Waals surface area contributed by atoms with Crippen LogP contribution < -0.4 is 4.74 Å². The largest absolute Gasteiger partial charge is 0.496 e. The third-order valence-electron chi connectivity index (χ3n) is 3.76. The summed E-state index contributed by atoms with van der Waals surface area (Å²) in [5, 5.41) is 0. The lowest BCUT2D eigenvalue weighted by Gasteiger charge is -2.12. The van der Waals surface area contributed by atoms with Gasteiger partial charge < -0.3 is 4.74 Å². The Balaban J connectivity index is 2.32. The van der Waals surface area contributed by atoms with E-state index in [-0.39, 0.29) is 5.78 Å². The minimum Gasteiger partial charge on any atom is -0.496 e. The topological polar surface area (TPSA) is 39.2 Å². The van der Waals surface area contributed by atoms with Crippen molar-refractivity contribution in [3.63, 3.8) is 0 Å². The average molecular weight is 283 g/mol. The van der Waals surface area contributed by atoms with Crippen molar-refractivity contribution in [2.24, 2.45) is 0 Å². The second kappa shape index (κ2) is 6.08. The van der Waals surface area contributed by atoms with E-state index in [0.717, 1.165) is 39.3 Å². The molecule has 2 rings (SSSR count). The van der Waals surface area contributed by atoms with Gasteiger partial charge in [0.05, 0.1) is 19.2 Å². The molecule has 0 fully saturated rings. The molecular weight excluding hydrogens is 262 g/mol. The van der Waals surface area contributed by atoms with E-state index in [4.69, 9.17) is 4.74 Å². The van der Waals surface area contributed by atoms with E-state index in [0.29, 0.717) is 6.42 Å². The fraction of sp³-hybridized carbons (Fsp3) is 0.333. The molecule has 3 heteroatoms. The van der Waals surface area contributed by atoms with Crippen LogP contribution in [0, 0.1) is 27.7 Å². The number of carbonyl (C=O) groups is 1. The normalized spacial score (nSPS) is 10.5. The minimum atomic E-state index is 0.0917. The van der Waals surface area contributed by atoms with Crippen molar-refractivity contribution < 1.29 is 9.53 Å². The first-order valence-electron chi connectivity index (χ1n) is 7.03. The van der Waals surface area contributed by atoms with Crippen LogP contribution in [-0.4, -0.2) is 17.9 Å². The quantitative estimate of drug-likeness (QED) is 0.802. The van der Waals surface area contributed by atoms with Crippen LogP contribution in [0.4, 0.5) is 0 Å². The molecule has 0 aliphatic carbocycles. The van der Waals surface area contributed by atoms with E-state index in [1.165, 1.54) is 0 Å². The number of nitrogens with zero attached hydrogens (tertiary/aromatic N) is 1. The lowest BCUT2D eigenvalue weighted by atomic mass is 9.98. The molecule has 0 bridgehead atoms. The molecule has 3 nitrogen and oxygen atoms in total. The summed E-state index contributed by atoms with van der Waals surface area (Å²) in [6.07, 6.45) is 2.06. The number of aromatic nitrogens is 1. The number of carbonyl (C=O) groups excluding carboxylic acids is 1. The van der Waals surface area contributed by atoms with Crippen LogP contribution in [0.1, 0.15) is 38.3 Å². The first-order chi connectivity index (χ1) is 9.93. The maximum absolute atomic E-state index is 12.5. The predicted molar refractivity (Wildman–Crippen MR) is 84.2 cm³/mol. The van der Waals surface area contributed by atoms with Crippen LogP contribution in [0.5, 0.6) is 5.75 Å². The second-order valence-electron chi connectivity index (χ2n) is 5.46. The zero-order valence-electron chi connectivity index (χ0n) is 13.3. The van der Waals surface area contributed by atoms with Gasteiger partial charge in [0, 0.05) is 22.9 Å². The summed E-state index contributed by atoms with van der Waals surface area (Å²) in [4.78, 5) is 16.9. The Labute approximate surface area is 126 Å². The Morgan fingerprint density at radius 1 is 1.14 bits per heavy atom. The van der Waals surface area contributed by atoms with Gasteiger partial charge in [-0.1, -0.05) is 23.8 Å². The Bertz CT molecular complexity index is 690. The highest BCUT2D eigenvalue weighted by atomic mass is 16.5. The monoisotopic (exact) mass is 283 g/mol. The Morgan fingerprint density at radius 2 is 1.86 bits per heavy atom. The van der Waals surface area contributed by atoms with Crippen LogP contribution in [0.15, 0.2) is 24.4 Å². The predicted octanol–water partition coefficient (Wildman–Crippen LogP) is 3.75. The minimum absolute atomic E-state index is 0.0917. The third kappa shape index (κ3) is 3.13. The van der Waals surface area contributed by atoms with Crippen molar-refractivity contribution in [2.75, 3.05) is 7.11 Å². The highest BCUT2D eigenvalue weighted by Gasteiger charge is 2.15. The van der Waals surface area contributed by atoms with Crippen LogP contribution in [-0.2, 0) is 6.42 Å². The van der Waals surface area contributed by atoms with E-state index in [1.807, 2.05) is 45.9 Å². The van der Waals surface area contributed by atoms with E-state index < -0.39 is 0 Å². The van der Waals surface area contributed by atoms with Crippen molar-refractivity contribution in [3.05, 3.63) is 57.9 Å². The maximum atomic E-state index is 12.5. The summed E-state index contributed by atoms with van der Waals surface area (Å²) in [6.45, 7) is 7.89. The number of aryl methyl sites for hydroxylation is 3. The first-order valence-corrected chi connectivity index (χ1v) is 7.03. The lowest BCUT2D eigenvalue weighted by molar-refractivity contribution is 0.0991. The zero-order valence-corrected chi connectivity index (χ0v) is 13.3. The van der Waals surface area contributed by atoms with Crippen LogP contribution in [0.25, 0.3) is 0 Å². The van der Waals surface area contributed by atoms with Gasteiger partial charge in [-0.05, 0) is 33.3 Å². The molecule has 0 atom stereocenters. The molecule has 0 aliphatic rings. The van der Waals surface area contributed by atoms with Gasteiger partial charge in [-0.25, -0.2) is 0 Å². The third-order valence-corrected chi connectivity index (χ3v) is 3.76. The van der Waals surface area contributed by atoms with Crippen LogP contribution >= 0.6 is 0 Å². The molecule has 2 aromatic rings. The van der Waals surface area contributed by atoms with Crippen molar-refractivity contribution in [1.29, 1.82) is 0 Å². The van der Waals surface area contributed by atoms with Crippen molar-refractivity contribution in [1.82, 2.24) is 4.98 Å². The van der Waals surface area contributed by atoms with Crippen molar-refractivity contribution in [3.8, 4) is 5.75 Å². The summed E-state index contributed by atoms with van der Waals surface area (Å²) in [7, 11) is 1.64. The van der Waals surface area contributed by atoms with Crippen molar-refractivity contribution >= 4 is 5.78 Å². The molecule has 1 heterocycles. The molecule has 110 valence electrons. The highest BCUT2D eigenvalue weighted by molar-refractivity contribution is 5.98. The fourth-order valence-electron chi connectivity index (χ4n) is 2.62. The standard InChI is InChI=1S/C18H21NO2/c1-11-6-7-15(12(2)8-11)17(20)9-16-14(4)18(21-5)13(3)10-19-16/h6-8,10H,9H2,1-5H3. The molecule has 1 aromatic heterocycles. The van der Waals surface area contributed by atoms with Crippen LogP contribution in [0.2, 0.25) is 0 Å². The van der Waals surface area contributed by atoms with E-state index in [1.54, 1.807) is 13.3 Å². The van der Waals surface area contributed by atoms with Gasteiger partial charge in [0.1, 0.15) is 5.75 Å². The van der Waals surface area contributed by atoms with Crippen LogP contribution in [0.3, 0.4) is 0 Å². The zero-order chi connectivity index (χ0) is 15.6. The fourth-order valence-corrected chi connectivity index (χ4v) is 2.62. The number of hydrogen-bond donors (Lipinski definition) is 0. The molecule has 0 N–H and O–H groups in total. The number of Topliss-reactive ketones (excluding diaryl/α,β-unsaturated/α-hetero) is 1. The number of methoxy groups -OCH3 is 1. The Kier molecular flexibility index (Phi) is 4.41. The van der Waals surface area contributed by atoms with Crippen molar-refractivity contribution in [2.45, 2.75) is 34.1 Å². The molecule has 0 spiro atoms. The lowest BCUT2D eigenvalue weighted by Crippen LogP contribution is -2.09. The molecule has 21 heavy (non-hydrogen) atoms. The number of ketones is 1. The maximum Gasteiger partial charge on any atom is 0.169 e. The Hall–Kier alpha value is -2.16. The van der Waals surface area contributed by atoms with Gasteiger partial charge in [0.25, 0.3) is 0 Å². The van der Waals surface area contributed by atoms with Gasteiger partial charge in [-0.15, -0.1) is 0 Å². The van der Waals surface area contributed by atoms with Gasteiger partial charge in [0.2, 0.25) is 0 Å². The average Bonchev–Trinajstić information content (AvgIpc) is 2.42. The number of rotatable bonds is 4. The number of pyridine rings is 1. The molecule has 0 saturated heterocycles. The molecule has 0 unspecified atom stereocenters. The summed E-state index contributed by atoms with van der Waals surface area (Å²) in [5.41, 5.74) is 5.64. The van der Waals surface area contributed by atoms with E-state index in [9.17, 15) is 4.79 Å². The smallest absolute Gasteiger partial charge is 0.169 e. The van der Waals surface area contributed by atoms with Gasteiger partial charge in [0.15, 0.2) is 5.78 Å². The molecule has 1 aromatic carbocycles. The van der Waals surface area contributed by atoms with E-state index in [2.05, 4.69) is 4.98 Å². The number of benzene rings is 1. The number of ether oxygens (including phenoxy) is 1. The molecular formula is C18H21NO2. The summed E-state index contributed by atoms with van der Waals surface area (Å²) < 4.78 is 5.39. The Morgan fingerprint density at radius 3 is 2.48 bits per heavy atom.